The van der Waals surface area contributed by atoms with Gasteiger partial charge in [-0.3, -0.25) is 0 Å². The second-order valence-electron chi connectivity index (χ2n) is 6.05. The van der Waals surface area contributed by atoms with Crippen LogP contribution in [-0.2, 0) is 11.3 Å². The summed E-state index contributed by atoms with van der Waals surface area (Å²) in [5.74, 6) is 0.160. The first kappa shape index (κ1) is 14.9. The van der Waals surface area contributed by atoms with Gasteiger partial charge in [0, 0.05) is 18.7 Å². The maximum absolute atomic E-state index is 12.3. The number of hydrogen-bond acceptors (Lipinski definition) is 3. The zero-order chi connectivity index (χ0) is 14.6. The average Bonchev–Trinajstić information content (AvgIpc) is 2.45. The van der Waals surface area contributed by atoms with Crippen molar-refractivity contribution in [3.8, 4) is 0 Å². The summed E-state index contributed by atoms with van der Waals surface area (Å²) in [6.07, 6.45) is 1.54. The number of rotatable bonds is 3. The third-order valence-electron chi connectivity index (χ3n) is 4.02. The predicted octanol–water partition coefficient (Wildman–Crippen LogP) is 2.81. The van der Waals surface area contributed by atoms with Crippen molar-refractivity contribution in [3.63, 3.8) is 0 Å². The first-order valence-electron chi connectivity index (χ1n) is 7.12. The molecule has 0 radical (unpaired) electrons. The number of benzene rings is 1. The van der Waals surface area contributed by atoms with Crippen LogP contribution in [0.1, 0.15) is 32.3 Å². The van der Waals surface area contributed by atoms with E-state index in [4.69, 9.17) is 4.74 Å². The van der Waals surface area contributed by atoms with E-state index in [1.54, 1.807) is 4.90 Å². The molecule has 4 heteroatoms. The molecule has 0 saturated carbocycles. The molecular weight excluding hydrogens is 254 g/mol. The Morgan fingerprint density at radius 1 is 1.40 bits per heavy atom. The Kier molecular flexibility index (Phi) is 4.65. The fourth-order valence-corrected chi connectivity index (χ4v) is 2.56. The molecule has 1 atom stereocenters. The molecular formula is C16H23NO3. The summed E-state index contributed by atoms with van der Waals surface area (Å²) in [7, 11) is 0. The fraction of sp³-hybridized carbons (Fsp3) is 0.562. The average molecular weight is 277 g/mol. The van der Waals surface area contributed by atoms with Crippen molar-refractivity contribution < 1.29 is 14.6 Å². The number of aliphatic hydroxyl groups excluding tert-OH is 1. The van der Waals surface area contributed by atoms with Gasteiger partial charge in [0.15, 0.2) is 0 Å². The Bertz CT molecular complexity index is 444. The summed E-state index contributed by atoms with van der Waals surface area (Å²) < 4.78 is 5.40. The summed E-state index contributed by atoms with van der Waals surface area (Å²) >= 11 is 0. The first-order valence-corrected chi connectivity index (χ1v) is 7.12. The molecule has 1 heterocycles. The van der Waals surface area contributed by atoms with Crippen LogP contribution in [0.2, 0.25) is 0 Å². The molecule has 1 unspecified atom stereocenters. The summed E-state index contributed by atoms with van der Waals surface area (Å²) in [6.45, 7) is 5.07. The highest BCUT2D eigenvalue weighted by molar-refractivity contribution is 5.68. The van der Waals surface area contributed by atoms with Crippen LogP contribution in [0.25, 0.3) is 0 Å². The van der Waals surface area contributed by atoms with E-state index in [1.807, 2.05) is 44.2 Å². The van der Waals surface area contributed by atoms with Gasteiger partial charge in [-0.1, -0.05) is 30.3 Å². The lowest BCUT2D eigenvalue weighted by Gasteiger charge is -2.44. The maximum atomic E-state index is 12.3. The van der Waals surface area contributed by atoms with Crippen molar-refractivity contribution >= 4 is 6.09 Å². The van der Waals surface area contributed by atoms with Gasteiger partial charge in [-0.05, 0) is 38.2 Å². The van der Waals surface area contributed by atoms with E-state index in [9.17, 15) is 9.90 Å². The van der Waals surface area contributed by atoms with Crippen molar-refractivity contribution in [1.29, 1.82) is 0 Å². The molecule has 1 aromatic carbocycles. The number of likely N-dealkylation sites (tertiary alicyclic amines) is 1. The first-order chi connectivity index (χ1) is 9.53. The van der Waals surface area contributed by atoms with E-state index in [0.29, 0.717) is 6.54 Å². The van der Waals surface area contributed by atoms with Crippen LogP contribution >= 0.6 is 0 Å². The number of amides is 1. The van der Waals surface area contributed by atoms with Crippen molar-refractivity contribution in [1.82, 2.24) is 4.90 Å². The number of carbonyl (C=O) groups excluding carboxylic acids is 1. The summed E-state index contributed by atoms with van der Waals surface area (Å²) in [6, 6.07) is 9.66. The second-order valence-corrected chi connectivity index (χ2v) is 6.05. The molecule has 1 aromatic rings. The number of ether oxygens (including phenoxy) is 1. The number of nitrogens with zero attached hydrogens (tertiary/aromatic N) is 1. The molecule has 1 fully saturated rings. The van der Waals surface area contributed by atoms with E-state index in [1.165, 1.54) is 0 Å². The van der Waals surface area contributed by atoms with Gasteiger partial charge in [0.2, 0.25) is 0 Å². The van der Waals surface area contributed by atoms with Gasteiger partial charge in [0.05, 0.1) is 0 Å². The molecule has 110 valence electrons. The van der Waals surface area contributed by atoms with E-state index >= 15 is 0 Å². The maximum Gasteiger partial charge on any atom is 0.410 e. The molecule has 1 amide bonds. The van der Waals surface area contributed by atoms with Crippen molar-refractivity contribution in [3.05, 3.63) is 35.9 Å². The highest BCUT2D eigenvalue weighted by atomic mass is 16.6. The minimum atomic E-state index is -0.294. The Balaban J connectivity index is 1.96. The standard InChI is InChI=1S/C16H23NO3/c1-16(2)9-8-14(11-18)10-17(16)15(19)20-12-13-6-4-3-5-7-13/h3-7,14,18H,8-12H2,1-2H3. The van der Waals surface area contributed by atoms with Gasteiger partial charge in [0.25, 0.3) is 0 Å². The fourth-order valence-electron chi connectivity index (χ4n) is 2.56. The molecule has 1 aliphatic heterocycles. The van der Waals surface area contributed by atoms with E-state index in [2.05, 4.69) is 0 Å². The summed E-state index contributed by atoms with van der Waals surface area (Å²) in [4.78, 5) is 14.0. The highest BCUT2D eigenvalue weighted by Gasteiger charge is 2.37. The number of hydrogen-bond donors (Lipinski definition) is 1. The Morgan fingerprint density at radius 2 is 2.10 bits per heavy atom. The minimum absolute atomic E-state index is 0.124. The van der Waals surface area contributed by atoms with Gasteiger partial charge in [-0.15, -0.1) is 0 Å². The zero-order valence-corrected chi connectivity index (χ0v) is 12.2. The molecule has 0 spiro atoms. The van der Waals surface area contributed by atoms with E-state index < -0.39 is 0 Å². The molecule has 0 bridgehead atoms. The lowest BCUT2D eigenvalue weighted by atomic mass is 9.85. The smallest absolute Gasteiger partial charge is 0.410 e. The van der Waals surface area contributed by atoms with Crippen LogP contribution in [0.4, 0.5) is 4.79 Å². The van der Waals surface area contributed by atoms with Crippen LogP contribution in [0, 0.1) is 5.92 Å². The van der Waals surface area contributed by atoms with Gasteiger partial charge < -0.3 is 14.7 Å². The van der Waals surface area contributed by atoms with E-state index in [-0.39, 0.29) is 30.8 Å². The van der Waals surface area contributed by atoms with Gasteiger partial charge in [-0.2, -0.15) is 0 Å². The molecule has 2 rings (SSSR count). The molecule has 1 aliphatic rings. The third kappa shape index (κ3) is 3.51. The quantitative estimate of drug-likeness (QED) is 0.924. The number of carbonyl (C=O) groups is 1. The van der Waals surface area contributed by atoms with Crippen LogP contribution < -0.4 is 0 Å². The van der Waals surface area contributed by atoms with Crippen LogP contribution in [0.5, 0.6) is 0 Å². The monoisotopic (exact) mass is 277 g/mol. The SMILES string of the molecule is CC1(C)CCC(CO)CN1C(=O)OCc1ccccc1. The van der Waals surface area contributed by atoms with Crippen LogP contribution in [-0.4, -0.2) is 34.8 Å². The van der Waals surface area contributed by atoms with Crippen molar-refractivity contribution in [2.45, 2.75) is 38.8 Å². The van der Waals surface area contributed by atoms with Gasteiger partial charge in [-0.25, -0.2) is 4.79 Å². The molecule has 4 nitrogen and oxygen atoms in total. The third-order valence-corrected chi connectivity index (χ3v) is 4.02. The molecule has 0 aliphatic carbocycles. The molecule has 0 aromatic heterocycles. The van der Waals surface area contributed by atoms with Crippen molar-refractivity contribution in [2.24, 2.45) is 5.92 Å². The highest BCUT2D eigenvalue weighted by Crippen LogP contribution is 2.31. The Morgan fingerprint density at radius 3 is 2.75 bits per heavy atom. The van der Waals surface area contributed by atoms with Gasteiger partial charge in [0.1, 0.15) is 6.61 Å². The minimum Gasteiger partial charge on any atom is -0.445 e. The second kappa shape index (κ2) is 6.27. The Hall–Kier alpha value is -1.55. The summed E-state index contributed by atoms with van der Waals surface area (Å²) in [5.41, 5.74) is 0.772. The van der Waals surface area contributed by atoms with Gasteiger partial charge >= 0.3 is 6.09 Å². The number of aliphatic hydroxyl groups is 1. The lowest BCUT2D eigenvalue weighted by molar-refractivity contribution is 0.0123. The Labute approximate surface area is 120 Å². The largest absolute Gasteiger partial charge is 0.445 e. The van der Waals surface area contributed by atoms with E-state index in [0.717, 1.165) is 18.4 Å². The molecule has 20 heavy (non-hydrogen) atoms. The summed E-state index contributed by atoms with van der Waals surface area (Å²) in [5, 5.41) is 9.29. The predicted molar refractivity (Wildman–Crippen MR) is 77.2 cm³/mol. The number of piperidine rings is 1. The molecule has 1 N–H and O–H groups in total. The molecule has 1 saturated heterocycles. The zero-order valence-electron chi connectivity index (χ0n) is 12.2. The van der Waals surface area contributed by atoms with Crippen LogP contribution in [0.15, 0.2) is 30.3 Å². The van der Waals surface area contributed by atoms with Crippen LogP contribution in [0.3, 0.4) is 0 Å². The lowest BCUT2D eigenvalue weighted by Crippen LogP contribution is -2.53. The normalized spacial score (nSPS) is 21.6. The topological polar surface area (TPSA) is 49.8 Å². The van der Waals surface area contributed by atoms with Crippen molar-refractivity contribution in [2.75, 3.05) is 13.2 Å².